The number of hydrogen-bond donors (Lipinski definition) is 1. The molecule has 116 valence electrons. The van der Waals surface area contributed by atoms with Crippen molar-refractivity contribution in [2.75, 3.05) is 19.8 Å². The van der Waals surface area contributed by atoms with Gasteiger partial charge in [0.05, 0.1) is 18.8 Å². The number of carboxylic acid groups (broad SMARTS) is 1. The quantitative estimate of drug-likeness (QED) is 0.932. The normalized spacial score (nSPS) is 22.0. The van der Waals surface area contributed by atoms with Gasteiger partial charge in [0.1, 0.15) is 6.04 Å². The average Bonchev–Trinajstić information content (AvgIpc) is 2.45. The van der Waals surface area contributed by atoms with Crippen LogP contribution in [-0.4, -0.2) is 41.8 Å². The van der Waals surface area contributed by atoms with Crippen molar-refractivity contribution < 1.29 is 27.8 Å². The van der Waals surface area contributed by atoms with Crippen LogP contribution in [0.5, 0.6) is 0 Å². The number of aliphatic carboxylic acids is 1. The van der Waals surface area contributed by atoms with Crippen molar-refractivity contribution in [2.24, 2.45) is 0 Å². The molecule has 4 nitrogen and oxygen atoms in total. The van der Waals surface area contributed by atoms with Gasteiger partial charge in [-0.1, -0.05) is 12.1 Å². The van der Waals surface area contributed by atoms with Gasteiger partial charge in [-0.2, -0.15) is 13.2 Å². The topological polar surface area (TPSA) is 49.8 Å². The predicted molar refractivity (Wildman–Crippen MR) is 68.8 cm³/mol. The second-order valence-corrected chi connectivity index (χ2v) is 4.96. The van der Waals surface area contributed by atoms with Gasteiger partial charge in [-0.15, -0.1) is 0 Å². The Bertz CT molecular complexity index is 501. The standard InChI is InChI=1S/C14H16F3NO3/c1-9(18-6-7-21-8-12(18)13(19)20)10-2-4-11(5-3-10)14(15,16)17/h2-5,9,12H,6-8H2,1H3,(H,19,20). The number of nitrogens with zero attached hydrogens (tertiary/aromatic N) is 1. The van der Waals surface area contributed by atoms with E-state index in [1.54, 1.807) is 11.8 Å². The van der Waals surface area contributed by atoms with Gasteiger partial charge in [0.2, 0.25) is 0 Å². The predicted octanol–water partition coefficient (Wildman–Crippen LogP) is 2.55. The third kappa shape index (κ3) is 3.54. The Balaban J connectivity index is 2.18. The SMILES string of the molecule is CC(c1ccc(C(F)(F)F)cc1)N1CCOCC1C(=O)O. The van der Waals surface area contributed by atoms with E-state index in [0.717, 1.165) is 12.1 Å². The van der Waals surface area contributed by atoms with Crippen molar-refractivity contribution in [1.82, 2.24) is 4.90 Å². The van der Waals surface area contributed by atoms with Gasteiger partial charge in [0.15, 0.2) is 0 Å². The average molecular weight is 303 g/mol. The minimum Gasteiger partial charge on any atom is -0.480 e. The first-order chi connectivity index (χ1) is 9.80. The van der Waals surface area contributed by atoms with Crippen LogP contribution in [0.2, 0.25) is 0 Å². The molecule has 2 unspecified atom stereocenters. The fourth-order valence-corrected chi connectivity index (χ4v) is 2.44. The fraction of sp³-hybridized carbons (Fsp3) is 0.500. The number of hydrogen-bond acceptors (Lipinski definition) is 3. The summed E-state index contributed by atoms with van der Waals surface area (Å²) in [5, 5.41) is 9.18. The highest BCUT2D eigenvalue weighted by Gasteiger charge is 2.34. The largest absolute Gasteiger partial charge is 0.480 e. The van der Waals surface area contributed by atoms with Crippen molar-refractivity contribution in [1.29, 1.82) is 0 Å². The monoisotopic (exact) mass is 303 g/mol. The van der Waals surface area contributed by atoms with E-state index in [1.807, 2.05) is 0 Å². The van der Waals surface area contributed by atoms with E-state index in [0.29, 0.717) is 18.7 Å². The zero-order chi connectivity index (χ0) is 15.6. The highest BCUT2D eigenvalue weighted by Crippen LogP contribution is 2.31. The maximum atomic E-state index is 12.5. The molecule has 0 saturated carbocycles. The van der Waals surface area contributed by atoms with Gasteiger partial charge in [0, 0.05) is 12.6 Å². The van der Waals surface area contributed by atoms with Crippen LogP contribution in [0, 0.1) is 0 Å². The molecule has 7 heteroatoms. The van der Waals surface area contributed by atoms with Gasteiger partial charge >= 0.3 is 12.1 Å². The molecule has 0 bridgehead atoms. The summed E-state index contributed by atoms with van der Waals surface area (Å²) < 4.78 is 42.8. The first-order valence-corrected chi connectivity index (χ1v) is 6.54. The van der Waals surface area contributed by atoms with Crippen LogP contribution >= 0.6 is 0 Å². The highest BCUT2D eigenvalue weighted by atomic mass is 19.4. The zero-order valence-electron chi connectivity index (χ0n) is 11.4. The Morgan fingerprint density at radius 2 is 2.00 bits per heavy atom. The van der Waals surface area contributed by atoms with Crippen LogP contribution in [0.4, 0.5) is 13.2 Å². The molecule has 0 spiro atoms. The Labute approximate surface area is 120 Å². The molecule has 1 aliphatic rings. The lowest BCUT2D eigenvalue weighted by molar-refractivity contribution is -0.151. The van der Waals surface area contributed by atoms with E-state index in [1.165, 1.54) is 12.1 Å². The lowest BCUT2D eigenvalue weighted by Gasteiger charge is -2.37. The summed E-state index contributed by atoms with van der Waals surface area (Å²) in [4.78, 5) is 12.9. The van der Waals surface area contributed by atoms with Crippen LogP contribution in [-0.2, 0) is 15.7 Å². The lowest BCUT2D eigenvalue weighted by Crippen LogP contribution is -2.50. The third-order valence-corrected chi connectivity index (χ3v) is 3.67. The second-order valence-electron chi connectivity index (χ2n) is 4.96. The zero-order valence-corrected chi connectivity index (χ0v) is 11.4. The first kappa shape index (κ1) is 15.8. The number of morpholine rings is 1. The molecular formula is C14H16F3NO3. The van der Waals surface area contributed by atoms with Crippen molar-refractivity contribution >= 4 is 5.97 Å². The molecule has 1 N–H and O–H groups in total. The van der Waals surface area contributed by atoms with Crippen LogP contribution in [0.3, 0.4) is 0 Å². The summed E-state index contributed by atoms with van der Waals surface area (Å²) in [5.41, 5.74) is -0.0636. The Hall–Kier alpha value is -1.60. The molecule has 1 fully saturated rings. The first-order valence-electron chi connectivity index (χ1n) is 6.54. The molecule has 0 aliphatic carbocycles. The molecule has 0 amide bonds. The van der Waals surface area contributed by atoms with Gasteiger partial charge in [-0.3, -0.25) is 9.69 Å². The molecular weight excluding hydrogens is 287 g/mol. The summed E-state index contributed by atoms with van der Waals surface area (Å²) in [6, 6.07) is 3.74. The number of ether oxygens (including phenoxy) is 1. The minimum absolute atomic E-state index is 0.0836. The number of rotatable bonds is 3. The molecule has 0 radical (unpaired) electrons. The summed E-state index contributed by atoms with van der Waals surface area (Å²) >= 11 is 0. The molecule has 1 aromatic carbocycles. The van der Waals surface area contributed by atoms with Gasteiger partial charge in [0.25, 0.3) is 0 Å². The van der Waals surface area contributed by atoms with Gasteiger partial charge in [-0.25, -0.2) is 0 Å². The summed E-state index contributed by atoms with van der Waals surface area (Å²) in [5.74, 6) is -0.992. The van der Waals surface area contributed by atoms with Crippen LogP contribution in [0.1, 0.15) is 24.1 Å². The van der Waals surface area contributed by atoms with Crippen molar-refractivity contribution in [3.05, 3.63) is 35.4 Å². The van der Waals surface area contributed by atoms with E-state index in [9.17, 15) is 23.1 Å². The van der Waals surface area contributed by atoms with E-state index < -0.39 is 23.8 Å². The smallest absolute Gasteiger partial charge is 0.416 e. The minimum atomic E-state index is -4.37. The van der Waals surface area contributed by atoms with Crippen molar-refractivity contribution in [3.8, 4) is 0 Å². The molecule has 21 heavy (non-hydrogen) atoms. The van der Waals surface area contributed by atoms with E-state index in [2.05, 4.69) is 0 Å². The third-order valence-electron chi connectivity index (χ3n) is 3.67. The summed E-state index contributed by atoms with van der Waals surface area (Å²) in [6.45, 7) is 2.71. The molecule has 2 atom stereocenters. The van der Waals surface area contributed by atoms with Crippen LogP contribution in [0.15, 0.2) is 24.3 Å². The fourth-order valence-electron chi connectivity index (χ4n) is 2.44. The number of carbonyl (C=O) groups is 1. The van der Waals surface area contributed by atoms with Gasteiger partial charge < -0.3 is 9.84 Å². The lowest BCUT2D eigenvalue weighted by atomic mass is 10.0. The number of benzene rings is 1. The van der Waals surface area contributed by atoms with Crippen LogP contribution in [0.25, 0.3) is 0 Å². The molecule has 1 heterocycles. The van der Waals surface area contributed by atoms with E-state index in [-0.39, 0.29) is 12.6 Å². The van der Waals surface area contributed by atoms with Crippen molar-refractivity contribution in [3.63, 3.8) is 0 Å². The van der Waals surface area contributed by atoms with E-state index >= 15 is 0 Å². The summed E-state index contributed by atoms with van der Waals surface area (Å²) in [6.07, 6.45) is -4.37. The maximum Gasteiger partial charge on any atom is 0.416 e. The molecule has 0 aromatic heterocycles. The molecule has 2 rings (SSSR count). The molecule has 1 aromatic rings. The number of halogens is 3. The van der Waals surface area contributed by atoms with Gasteiger partial charge in [-0.05, 0) is 24.6 Å². The Kier molecular flexibility index (Phi) is 4.53. The van der Waals surface area contributed by atoms with Crippen molar-refractivity contribution in [2.45, 2.75) is 25.2 Å². The summed E-state index contributed by atoms with van der Waals surface area (Å²) in [7, 11) is 0. The Morgan fingerprint density at radius 1 is 1.38 bits per heavy atom. The molecule has 1 aliphatic heterocycles. The Morgan fingerprint density at radius 3 is 2.52 bits per heavy atom. The van der Waals surface area contributed by atoms with E-state index in [4.69, 9.17) is 4.74 Å². The second kappa shape index (κ2) is 6.03. The maximum absolute atomic E-state index is 12.5. The number of carboxylic acids is 1. The van der Waals surface area contributed by atoms with Crippen LogP contribution < -0.4 is 0 Å². The highest BCUT2D eigenvalue weighted by molar-refractivity contribution is 5.73. The number of alkyl halides is 3. The molecule has 1 saturated heterocycles.